The van der Waals surface area contributed by atoms with Crippen LogP contribution in [0.1, 0.15) is 61.3 Å². The van der Waals surface area contributed by atoms with E-state index in [2.05, 4.69) is 9.97 Å². The van der Waals surface area contributed by atoms with E-state index in [1.165, 1.54) is 32.1 Å². The largest absolute Gasteiger partial charge is 0.339 e. The van der Waals surface area contributed by atoms with Crippen molar-refractivity contribution in [2.45, 2.75) is 44.9 Å². The molecule has 1 fully saturated rings. The average Bonchev–Trinajstić information content (AvgIpc) is 2.68. The molecule has 0 aliphatic heterocycles. The maximum atomic E-state index is 11.1. The van der Waals surface area contributed by atoms with Crippen LogP contribution in [-0.4, -0.2) is 15.8 Å². The van der Waals surface area contributed by atoms with Gasteiger partial charge in [-0.1, -0.05) is 19.3 Å². The second kappa shape index (κ2) is 3.95. The number of carbonyl (C=O) groups is 1. The highest BCUT2D eigenvalue weighted by Gasteiger charge is 2.18. The fourth-order valence-electron chi connectivity index (χ4n) is 2.10. The number of aromatic nitrogens is 2. The lowest BCUT2D eigenvalue weighted by molar-refractivity contribution is 0.101. The van der Waals surface area contributed by atoms with Gasteiger partial charge in [-0.25, -0.2) is 4.98 Å². The van der Waals surface area contributed by atoms with E-state index in [9.17, 15) is 4.79 Å². The van der Waals surface area contributed by atoms with Crippen molar-refractivity contribution >= 4 is 5.78 Å². The molecular weight excluding hydrogens is 176 g/mol. The van der Waals surface area contributed by atoms with Crippen molar-refractivity contribution in [3.05, 3.63) is 17.7 Å². The van der Waals surface area contributed by atoms with Crippen molar-refractivity contribution in [1.29, 1.82) is 0 Å². The average molecular weight is 192 g/mol. The first-order valence-corrected chi connectivity index (χ1v) is 5.33. The van der Waals surface area contributed by atoms with Crippen molar-refractivity contribution < 1.29 is 4.79 Å². The summed E-state index contributed by atoms with van der Waals surface area (Å²) in [7, 11) is 0. The Hall–Kier alpha value is -1.12. The maximum absolute atomic E-state index is 11.1. The van der Waals surface area contributed by atoms with Gasteiger partial charge in [0.1, 0.15) is 11.5 Å². The van der Waals surface area contributed by atoms with Crippen LogP contribution < -0.4 is 0 Å². The second-order valence-electron chi connectivity index (χ2n) is 4.07. The molecule has 3 heteroatoms. The summed E-state index contributed by atoms with van der Waals surface area (Å²) in [4.78, 5) is 18.5. The van der Waals surface area contributed by atoms with Crippen LogP contribution >= 0.6 is 0 Å². The summed E-state index contributed by atoms with van der Waals surface area (Å²) >= 11 is 0. The summed E-state index contributed by atoms with van der Waals surface area (Å²) in [6.07, 6.45) is 8.01. The van der Waals surface area contributed by atoms with Gasteiger partial charge in [0.25, 0.3) is 0 Å². The number of nitrogens with zero attached hydrogens (tertiary/aromatic N) is 1. The molecule has 1 aromatic heterocycles. The molecule has 14 heavy (non-hydrogen) atoms. The maximum Gasteiger partial charge on any atom is 0.177 e. The summed E-state index contributed by atoms with van der Waals surface area (Å²) in [6, 6.07) is 0. The van der Waals surface area contributed by atoms with Gasteiger partial charge in [0.05, 0.1) is 6.20 Å². The number of aromatic amines is 1. The molecule has 0 saturated heterocycles. The SMILES string of the molecule is CC(=O)c1cnc(C2CCCCC2)[nH]1. The normalized spacial score (nSPS) is 18.4. The number of imidazole rings is 1. The summed E-state index contributed by atoms with van der Waals surface area (Å²) in [5, 5.41) is 0. The third-order valence-corrected chi connectivity index (χ3v) is 2.97. The predicted molar refractivity (Wildman–Crippen MR) is 54.4 cm³/mol. The second-order valence-corrected chi connectivity index (χ2v) is 4.07. The Morgan fingerprint density at radius 1 is 1.43 bits per heavy atom. The Balaban J connectivity index is 2.11. The molecule has 0 amide bonds. The smallest absolute Gasteiger partial charge is 0.177 e. The number of nitrogens with one attached hydrogen (secondary N) is 1. The van der Waals surface area contributed by atoms with Crippen molar-refractivity contribution in [2.24, 2.45) is 0 Å². The number of Topliss-reactive ketones (excluding diaryl/α,β-unsaturated/α-hetero) is 1. The zero-order valence-corrected chi connectivity index (χ0v) is 8.55. The van der Waals surface area contributed by atoms with Crippen LogP contribution in [0.2, 0.25) is 0 Å². The van der Waals surface area contributed by atoms with Crippen molar-refractivity contribution in [1.82, 2.24) is 9.97 Å². The Bertz CT molecular complexity index is 324. The molecule has 1 aromatic rings. The molecule has 0 radical (unpaired) electrons. The molecule has 3 nitrogen and oxygen atoms in total. The van der Waals surface area contributed by atoms with Crippen molar-refractivity contribution in [3.63, 3.8) is 0 Å². The molecule has 0 aromatic carbocycles. The van der Waals surface area contributed by atoms with Gasteiger partial charge in [0, 0.05) is 12.8 Å². The van der Waals surface area contributed by atoms with Gasteiger partial charge in [-0.05, 0) is 12.8 Å². The van der Waals surface area contributed by atoms with Crippen molar-refractivity contribution in [3.8, 4) is 0 Å². The number of H-pyrrole nitrogens is 1. The quantitative estimate of drug-likeness (QED) is 0.732. The van der Waals surface area contributed by atoms with E-state index in [-0.39, 0.29) is 5.78 Å². The van der Waals surface area contributed by atoms with Crippen LogP contribution in [0.15, 0.2) is 6.20 Å². The van der Waals surface area contributed by atoms with Gasteiger partial charge < -0.3 is 4.98 Å². The monoisotopic (exact) mass is 192 g/mol. The fourth-order valence-corrected chi connectivity index (χ4v) is 2.10. The molecule has 1 saturated carbocycles. The van der Waals surface area contributed by atoms with Gasteiger partial charge in [-0.2, -0.15) is 0 Å². The van der Waals surface area contributed by atoms with Crippen LogP contribution in [0.25, 0.3) is 0 Å². The van der Waals surface area contributed by atoms with E-state index in [4.69, 9.17) is 0 Å². The Labute approximate surface area is 83.9 Å². The third kappa shape index (κ3) is 1.86. The minimum atomic E-state index is 0.0690. The lowest BCUT2D eigenvalue weighted by Gasteiger charge is -2.19. The Kier molecular flexibility index (Phi) is 2.66. The Morgan fingerprint density at radius 3 is 2.71 bits per heavy atom. The summed E-state index contributed by atoms with van der Waals surface area (Å²) in [6.45, 7) is 1.57. The van der Waals surface area contributed by atoms with E-state index < -0.39 is 0 Å². The third-order valence-electron chi connectivity index (χ3n) is 2.97. The lowest BCUT2D eigenvalue weighted by atomic mass is 9.89. The van der Waals surface area contributed by atoms with Gasteiger partial charge in [-0.3, -0.25) is 4.79 Å². The summed E-state index contributed by atoms with van der Waals surface area (Å²) in [5.41, 5.74) is 0.644. The molecule has 0 spiro atoms. The van der Waals surface area contributed by atoms with Crippen LogP contribution in [0.3, 0.4) is 0 Å². The molecule has 1 heterocycles. The van der Waals surface area contributed by atoms with Crippen LogP contribution in [0, 0.1) is 0 Å². The number of hydrogen-bond acceptors (Lipinski definition) is 2. The minimum Gasteiger partial charge on any atom is -0.339 e. The zero-order chi connectivity index (χ0) is 9.97. The first-order chi connectivity index (χ1) is 6.77. The van der Waals surface area contributed by atoms with Gasteiger partial charge >= 0.3 is 0 Å². The van der Waals surface area contributed by atoms with Gasteiger partial charge in [-0.15, -0.1) is 0 Å². The van der Waals surface area contributed by atoms with Gasteiger partial charge in [0.15, 0.2) is 5.78 Å². The van der Waals surface area contributed by atoms with E-state index in [0.29, 0.717) is 11.6 Å². The fraction of sp³-hybridized carbons (Fsp3) is 0.636. The molecule has 0 bridgehead atoms. The molecule has 1 aliphatic carbocycles. The molecule has 0 unspecified atom stereocenters. The van der Waals surface area contributed by atoms with Crippen LogP contribution in [0.4, 0.5) is 0 Å². The highest BCUT2D eigenvalue weighted by Crippen LogP contribution is 2.30. The van der Waals surface area contributed by atoms with Crippen molar-refractivity contribution in [2.75, 3.05) is 0 Å². The highest BCUT2D eigenvalue weighted by atomic mass is 16.1. The standard InChI is InChI=1S/C11H16N2O/c1-8(14)10-7-12-11(13-10)9-5-3-2-4-6-9/h7,9H,2-6H2,1H3,(H,12,13). The molecule has 1 N–H and O–H groups in total. The highest BCUT2D eigenvalue weighted by molar-refractivity contribution is 5.91. The van der Waals surface area contributed by atoms with E-state index in [1.807, 2.05) is 0 Å². The van der Waals surface area contributed by atoms with Crippen LogP contribution in [0.5, 0.6) is 0 Å². The molecule has 2 rings (SSSR count). The molecule has 1 aliphatic rings. The molecule has 0 atom stereocenters. The summed E-state index contributed by atoms with van der Waals surface area (Å²) < 4.78 is 0. The van der Waals surface area contributed by atoms with Gasteiger partial charge in [0.2, 0.25) is 0 Å². The topological polar surface area (TPSA) is 45.8 Å². The first-order valence-electron chi connectivity index (χ1n) is 5.33. The lowest BCUT2D eigenvalue weighted by Crippen LogP contribution is -2.06. The molecular formula is C11H16N2O. The summed E-state index contributed by atoms with van der Waals surface area (Å²) in [5.74, 6) is 1.63. The number of rotatable bonds is 2. The van der Waals surface area contributed by atoms with E-state index in [1.54, 1.807) is 13.1 Å². The Morgan fingerprint density at radius 2 is 2.14 bits per heavy atom. The van der Waals surface area contributed by atoms with Crippen LogP contribution in [-0.2, 0) is 0 Å². The first kappa shape index (κ1) is 9.44. The van der Waals surface area contributed by atoms with E-state index >= 15 is 0 Å². The number of carbonyl (C=O) groups excluding carboxylic acids is 1. The number of ketones is 1. The zero-order valence-electron chi connectivity index (χ0n) is 8.55. The number of hydrogen-bond donors (Lipinski definition) is 1. The van der Waals surface area contributed by atoms with E-state index in [0.717, 1.165) is 5.82 Å². The molecule has 76 valence electrons. The predicted octanol–water partition coefficient (Wildman–Crippen LogP) is 2.66. The minimum absolute atomic E-state index is 0.0690.